The number of likely N-dealkylation sites (N-methyl/N-ethyl adjacent to an activating group) is 1. The first-order valence-corrected chi connectivity index (χ1v) is 8.11. The predicted molar refractivity (Wildman–Crippen MR) is 93.7 cm³/mol. The standard InChI is InChI=1S/C16H20Cl2N4O/c1-10-13(9-16(23)20-7-6-19-3)11(2)22(21-10)15-5-4-12(17)8-14(15)18/h4-5,8,19H,6-7,9H2,1-3H3,(H,20,23). The van der Waals surface area contributed by atoms with Crippen LogP contribution < -0.4 is 10.6 Å². The van der Waals surface area contributed by atoms with Crippen LogP contribution in [-0.2, 0) is 11.2 Å². The van der Waals surface area contributed by atoms with Crippen LogP contribution >= 0.6 is 23.2 Å². The lowest BCUT2D eigenvalue weighted by Crippen LogP contribution is -2.31. The van der Waals surface area contributed by atoms with Crippen LogP contribution in [0, 0.1) is 13.8 Å². The number of aryl methyl sites for hydroxylation is 1. The van der Waals surface area contributed by atoms with Crippen molar-refractivity contribution in [1.82, 2.24) is 20.4 Å². The molecule has 1 amide bonds. The van der Waals surface area contributed by atoms with E-state index in [0.717, 1.165) is 29.2 Å². The fraction of sp³-hybridized carbons (Fsp3) is 0.375. The van der Waals surface area contributed by atoms with Crippen LogP contribution in [0.2, 0.25) is 10.0 Å². The Morgan fingerprint density at radius 2 is 2.00 bits per heavy atom. The van der Waals surface area contributed by atoms with Gasteiger partial charge in [-0.2, -0.15) is 5.10 Å². The molecule has 2 aromatic rings. The molecular formula is C16H20Cl2N4O. The van der Waals surface area contributed by atoms with Gasteiger partial charge in [-0.1, -0.05) is 23.2 Å². The van der Waals surface area contributed by atoms with Crippen LogP contribution in [0.4, 0.5) is 0 Å². The smallest absolute Gasteiger partial charge is 0.224 e. The Balaban J connectivity index is 2.24. The molecule has 0 atom stereocenters. The number of nitrogens with one attached hydrogen (secondary N) is 2. The van der Waals surface area contributed by atoms with Crippen molar-refractivity contribution in [3.05, 3.63) is 45.2 Å². The van der Waals surface area contributed by atoms with Crippen LogP contribution in [0.25, 0.3) is 5.69 Å². The van der Waals surface area contributed by atoms with Gasteiger partial charge in [0.2, 0.25) is 5.91 Å². The van der Waals surface area contributed by atoms with Crippen molar-refractivity contribution in [3.63, 3.8) is 0 Å². The molecule has 1 heterocycles. The molecule has 0 saturated heterocycles. The first kappa shape index (κ1) is 17.8. The lowest BCUT2D eigenvalue weighted by molar-refractivity contribution is -0.120. The summed E-state index contributed by atoms with van der Waals surface area (Å²) in [6, 6.07) is 5.27. The van der Waals surface area contributed by atoms with Gasteiger partial charge in [-0.15, -0.1) is 0 Å². The Labute approximate surface area is 146 Å². The van der Waals surface area contributed by atoms with E-state index in [1.54, 1.807) is 16.8 Å². The Bertz CT molecular complexity index is 712. The van der Waals surface area contributed by atoms with Gasteiger partial charge < -0.3 is 10.6 Å². The monoisotopic (exact) mass is 354 g/mol. The topological polar surface area (TPSA) is 58.9 Å². The van der Waals surface area contributed by atoms with E-state index in [2.05, 4.69) is 15.7 Å². The minimum atomic E-state index is -0.0202. The molecule has 1 aromatic heterocycles. The molecule has 0 aliphatic carbocycles. The van der Waals surface area contributed by atoms with E-state index in [9.17, 15) is 4.79 Å². The molecule has 0 radical (unpaired) electrons. The number of nitrogens with zero attached hydrogens (tertiary/aromatic N) is 2. The van der Waals surface area contributed by atoms with Crippen molar-refractivity contribution in [2.45, 2.75) is 20.3 Å². The molecule has 2 rings (SSSR count). The highest BCUT2D eigenvalue weighted by Crippen LogP contribution is 2.27. The third kappa shape index (κ3) is 4.25. The summed E-state index contributed by atoms with van der Waals surface area (Å²) in [6.45, 7) is 5.17. The summed E-state index contributed by atoms with van der Waals surface area (Å²) in [5.41, 5.74) is 3.38. The van der Waals surface area contributed by atoms with E-state index in [4.69, 9.17) is 23.2 Å². The van der Waals surface area contributed by atoms with Crippen LogP contribution in [0.5, 0.6) is 0 Å². The molecule has 124 valence electrons. The molecule has 1 aromatic carbocycles. The minimum absolute atomic E-state index is 0.0202. The molecule has 7 heteroatoms. The average Bonchev–Trinajstić information content (AvgIpc) is 2.76. The van der Waals surface area contributed by atoms with Crippen molar-refractivity contribution in [3.8, 4) is 5.69 Å². The number of benzene rings is 1. The molecule has 0 aliphatic heterocycles. The van der Waals surface area contributed by atoms with Crippen LogP contribution in [-0.4, -0.2) is 35.8 Å². The second kappa shape index (κ2) is 7.81. The van der Waals surface area contributed by atoms with E-state index in [-0.39, 0.29) is 5.91 Å². The van der Waals surface area contributed by atoms with Gasteiger partial charge in [-0.25, -0.2) is 4.68 Å². The zero-order valence-corrected chi connectivity index (χ0v) is 14.9. The maximum atomic E-state index is 12.0. The summed E-state index contributed by atoms with van der Waals surface area (Å²) in [6.07, 6.45) is 0.298. The van der Waals surface area contributed by atoms with E-state index in [0.29, 0.717) is 23.0 Å². The summed E-state index contributed by atoms with van der Waals surface area (Å²) in [5, 5.41) is 11.5. The summed E-state index contributed by atoms with van der Waals surface area (Å²) in [5.74, 6) is -0.0202. The second-order valence-electron chi connectivity index (χ2n) is 5.29. The fourth-order valence-electron chi connectivity index (χ4n) is 2.37. The Kier molecular flexibility index (Phi) is 6.04. The second-order valence-corrected chi connectivity index (χ2v) is 6.13. The molecule has 2 N–H and O–H groups in total. The highest BCUT2D eigenvalue weighted by Gasteiger charge is 2.17. The third-order valence-electron chi connectivity index (χ3n) is 3.61. The van der Waals surface area contributed by atoms with Crippen LogP contribution in [0.1, 0.15) is 17.0 Å². The Morgan fingerprint density at radius 3 is 2.65 bits per heavy atom. The number of carbonyl (C=O) groups excluding carboxylic acids is 1. The molecule has 0 bridgehead atoms. The van der Waals surface area contributed by atoms with E-state index in [1.807, 2.05) is 27.0 Å². The number of hydrogen-bond acceptors (Lipinski definition) is 3. The fourth-order valence-corrected chi connectivity index (χ4v) is 2.86. The normalized spacial score (nSPS) is 10.8. The lowest BCUT2D eigenvalue weighted by atomic mass is 10.1. The number of amides is 1. The van der Waals surface area contributed by atoms with Crippen molar-refractivity contribution in [1.29, 1.82) is 0 Å². The molecule has 0 fully saturated rings. The maximum Gasteiger partial charge on any atom is 0.224 e. The van der Waals surface area contributed by atoms with E-state index >= 15 is 0 Å². The third-order valence-corrected chi connectivity index (χ3v) is 4.15. The van der Waals surface area contributed by atoms with Gasteiger partial charge in [0.05, 0.1) is 22.8 Å². The largest absolute Gasteiger partial charge is 0.355 e. The minimum Gasteiger partial charge on any atom is -0.355 e. The summed E-state index contributed by atoms with van der Waals surface area (Å²) in [4.78, 5) is 12.0. The SMILES string of the molecule is CNCCNC(=O)Cc1c(C)nn(-c2ccc(Cl)cc2Cl)c1C. The Hall–Kier alpha value is -1.56. The van der Waals surface area contributed by atoms with Gasteiger partial charge in [0.1, 0.15) is 0 Å². The first-order chi connectivity index (χ1) is 10.9. The summed E-state index contributed by atoms with van der Waals surface area (Å²) < 4.78 is 1.75. The van der Waals surface area contributed by atoms with E-state index in [1.165, 1.54) is 0 Å². The van der Waals surface area contributed by atoms with Crippen molar-refractivity contribution in [2.75, 3.05) is 20.1 Å². The summed E-state index contributed by atoms with van der Waals surface area (Å²) >= 11 is 12.2. The van der Waals surface area contributed by atoms with Crippen LogP contribution in [0.3, 0.4) is 0 Å². The molecule has 0 saturated carbocycles. The Morgan fingerprint density at radius 1 is 1.26 bits per heavy atom. The van der Waals surface area contributed by atoms with Crippen molar-refractivity contribution in [2.24, 2.45) is 0 Å². The molecule has 23 heavy (non-hydrogen) atoms. The molecule has 5 nitrogen and oxygen atoms in total. The highest BCUT2D eigenvalue weighted by atomic mass is 35.5. The lowest BCUT2D eigenvalue weighted by Gasteiger charge is -2.08. The number of halogens is 2. The zero-order chi connectivity index (χ0) is 17.0. The van der Waals surface area contributed by atoms with Gasteiger partial charge in [0.25, 0.3) is 0 Å². The number of carbonyl (C=O) groups is 1. The molecule has 0 aliphatic rings. The van der Waals surface area contributed by atoms with E-state index < -0.39 is 0 Å². The van der Waals surface area contributed by atoms with Crippen LogP contribution in [0.15, 0.2) is 18.2 Å². The average molecular weight is 355 g/mol. The van der Waals surface area contributed by atoms with Gasteiger partial charge in [-0.3, -0.25) is 4.79 Å². The first-order valence-electron chi connectivity index (χ1n) is 7.36. The van der Waals surface area contributed by atoms with Crippen molar-refractivity contribution < 1.29 is 4.79 Å². The number of hydrogen-bond donors (Lipinski definition) is 2. The number of aromatic nitrogens is 2. The highest BCUT2D eigenvalue weighted by molar-refractivity contribution is 6.35. The molecule has 0 unspecified atom stereocenters. The maximum absolute atomic E-state index is 12.0. The van der Waals surface area contributed by atoms with Gasteiger partial charge >= 0.3 is 0 Å². The molecular weight excluding hydrogens is 335 g/mol. The van der Waals surface area contributed by atoms with Gasteiger partial charge in [-0.05, 0) is 39.1 Å². The summed E-state index contributed by atoms with van der Waals surface area (Å²) in [7, 11) is 1.85. The van der Waals surface area contributed by atoms with Gasteiger partial charge in [0.15, 0.2) is 0 Å². The quantitative estimate of drug-likeness (QED) is 0.784. The van der Waals surface area contributed by atoms with Crippen molar-refractivity contribution >= 4 is 29.1 Å². The zero-order valence-electron chi connectivity index (χ0n) is 13.4. The van der Waals surface area contributed by atoms with Gasteiger partial charge in [0, 0.05) is 29.4 Å². The molecule has 0 spiro atoms. The number of rotatable bonds is 6. The predicted octanol–water partition coefficient (Wildman–Crippen LogP) is 2.67.